The maximum atomic E-state index is 12.9. The monoisotopic (exact) mass is 401 g/mol. The number of ketones is 1. The number of nitro benzene ring substituents is 1. The topological polar surface area (TPSA) is 114 Å². The fourth-order valence-electron chi connectivity index (χ4n) is 3.44. The molecule has 0 spiro atoms. The molecule has 3 aromatic rings. The maximum absolute atomic E-state index is 12.9. The fraction of sp³-hybridized carbons (Fsp3) is 0.0455. The van der Waals surface area contributed by atoms with E-state index in [1.165, 1.54) is 24.4 Å². The fourth-order valence-corrected chi connectivity index (χ4v) is 3.44. The third-order valence-corrected chi connectivity index (χ3v) is 4.78. The average Bonchev–Trinajstić information content (AvgIpc) is 3.05. The van der Waals surface area contributed by atoms with Crippen molar-refractivity contribution >= 4 is 29.0 Å². The van der Waals surface area contributed by atoms with Crippen molar-refractivity contribution in [2.45, 2.75) is 6.04 Å². The molecule has 8 heteroatoms. The molecule has 1 amide bonds. The zero-order chi connectivity index (χ0) is 21.3. The molecule has 30 heavy (non-hydrogen) atoms. The number of nitro groups is 1. The van der Waals surface area contributed by atoms with E-state index in [0.717, 1.165) is 4.90 Å². The van der Waals surface area contributed by atoms with Gasteiger partial charge >= 0.3 is 5.91 Å². The summed E-state index contributed by atoms with van der Waals surface area (Å²) in [5, 5.41) is 22.2. The standard InChI is InChI=1S/C22H15N3O5/c26-20(14-7-2-1-3-8-14)18-19(15-9-6-10-16(13-15)25(29)30)24(22(28)21(18)27)17-11-4-5-12-23-17/h1-13,19,26H/b20-18-. The minimum absolute atomic E-state index is 0.155. The number of benzene rings is 2. The van der Waals surface area contributed by atoms with Crippen molar-refractivity contribution in [2.75, 3.05) is 4.90 Å². The zero-order valence-corrected chi connectivity index (χ0v) is 15.5. The highest BCUT2D eigenvalue weighted by molar-refractivity contribution is 6.51. The number of carbonyl (C=O) groups excluding carboxylic acids is 2. The van der Waals surface area contributed by atoms with Gasteiger partial charge in [0.1, 0.15) is 11.6 Å². The van der Waals surface area contributed by atoms with E-state index in [0.29, 0.717) is 11.1 Å². The number of hydrogen-bond acceptors (Lipinski definition) is 6. The second-order valence-electron chi connectivity index (χ2n) is 6.58. The van der Waals surface area contributed by atoms with Gasteiger partial charge in [-0.3, -0.25) is 24.6 Å². The number of carbonyl (C=O) groups is 2. The SMILES string of the molecule is O=C1C(=O)N(c2ccccn2)C(c2cccc([N+](=O)[O-])c2)/C1=C(/O)c1ccccc1. The minimum atomic E-state index is -1.07. The van der Waals surface area contributed by atoms with E-state index in [2.05, 4.69) is 4.98 Å². The Labute approximate surface area is 170 Å². The predicted octanol–water partition coefficient (Wildman–Crippen LogP) is 3.62. The van der Waals surface area contributed by atoms with Gasteiger partial charge in [0.2, 0.25) is 0 Å². The van der Waals surface area contributed by atoms with Gasteiger partial charge in [-0.05, 0) is 17.7 Å². The highest BCUT2D eigenvalue weighted by Gasteiger charge is 2.47. The lowest BCUT2D eigenvalue weighted by molar-refractivity contribution is -0.384. The number of pyridine rings is 1. The Bertz CT molecular complexity index is 1180. The Morgan fingerprint density at radius 2 is 1.73 bits per heavy atom. The molecule has 1 aliphatic rings. The van der Waals surface area contributed by atoms with Crippen molar-refractivity contribution in [3.63, 3.8) is 0 Å². The lowest BCUT2D eigenvalue weighted by Crippen LogP contribution is -2.30. The smallest absolute Gasteiger partial charge is 0.301 e. The van der Waals surface area contributed by atoms with E-state index < -0.39 is 22.7 Å². The molecule has 1 N–H and O–H groups in total. The second kappa shape index (κ2) is 7.59. The van der Waals surface area contributed by atoms with Gasteiger partial charge in [-0.15, -0.1) is 0 Å². The van der Waals surface area contributed by atoms with Crippen molar-refractivity contribution in [3.8, 4) is 0 Å². The van der Waals surface area contributed by atoms with E-state index in [1.807, 2.05) is 0 Å². The van der Waals surface area contributed by atoms with Crippen LogP contribution in [-0.2, 0) is 9.59 Å². The molecule has 0 radical (unpaired) electrons. The molecule has 0 bridgehead atoms. The Morgan fingerprint density at radius 3 is 2.40 bits per heavy atom. The van der Waals surface area contributed by atoms with Crippen molar-refractivity contribution in [3.05, 3.63) is 106 Å². The molecule has 1 unspecified atom stereocenters. The average molecular weight is 401 g/mol. The van der Waals surface area contributed by atoms with Crippen LogP contribution >= 0.6 is 0 Å². The summed E-state index contributed by atoms with van der Waals surface area (Å²) in [6.07, 6.45) is 1.47. The molecule has 1 saturated heterocycles. The molecule has 1 aliphatic heterocycles. The molecule has 4 rings (SSSR count). The largest absolute Gasteiger partial charge is 0.507 e. The lowest BCUT2D eigenvalue weighted by Gasteiger charge is -2.24. The Morgan fingerprint density at radius 1 is 1.00 bits per heavy atom. The first kappa shape index (κ1) is 19.0. The van der Waals surface area contributed by atoms with Crippen LogP contribution in [0, 0.1) is 10.1 Å². The molecule has 1 aromatic heterocycles. The van der Waals surface area contributed by atoms with Gasteiger partial charge in [0.05, 0.1) is 16.5 Å². The second-order valence-corrected chi connectivity index (χ2v) is 6.58. The number of Topliss-reactive ketones (excluding diaryl/α,β-unsaturated/α-hetero) is 1. The lowest BCUT2D eigenvalue weighted by atomic mass is 9.95. The molecule has 1 fully saturated rings. The van der Waals surface area contributed by atoms with Crippen LogP contribution in [0.4, 0.5) is 11.5 Å². The van der Waals surface area contributed by atoms with Crippen molar-refractivity contribution in [2.24, 2.45) is 0 Å². The van der Waals surface area contributed by atoms with Crippen molar-refractivity contribution in [1.82, 2.24) is 4.98 Å². The van der Waals surface area contributed by atoms with Crippen LogP contribution in [0.5, 0.6) is 0 Å². The van der Waals surface area contributed by atoms with E-state index in [9.17, 15) is 24.8 Å². The molecular weight excluding hydrogens is 386 g/mol. The number of rotatable bonds is 4. The van der Waals surface area contributed by atoms with Gasteiger partial charge in [0.15, 0.2) is 0 Å². The summed E-state index contributed by atoms with van der Waals surface area (Å²) in [5.74, 6) is -1.92. The molecule has 8 nitrogen and oxygen atoms in total. The van der Waals surface area contributed by atoms with Crippen LogP contribution in [-0.4, -0.2) is 26.7 Å². The number of hydrogen-bond donors (Lipinski definition) is 1. The van der Waals surface area contributed by atoms with Gasteiger partial charge in [-0.2, -0.15) is 0 Å². The van der Waals surface area contributed by atoms with Crippen molar-refractivity contribution < 1.29 is 19.6 Å². The number of non-ortho nitro benzene ring substituents is 1. The molecule has 2 aromatic carbocycles. The Kier molecular flexibility index (Phi) is 4.81. The molecule has 1 atom stereocenters. The highest BCUT2D eigenvalue weighted by Crippen LogP contribution is 2.42. The normalized spacial score (nSPS) is 17.9. The summed E-state index contributed by atoms with van der Waals surface area (Å²) in [4.78, 5) is 41.9. The van der Waals surface area contributed by atoms with Crippen LogP contribution in [0.2, 0.25) is 0 Å². The first-order chi connectivity index (χ1) is 14.5. The maximum Gasteiger partial charge on any atom is 0.301 e. The minimum Gasteiger partial charge on any atom is -0.507 e. The van der Waals surface area contributed by atoms with Gasteiger partial charge < -0.3 is 5.11 Å². The van der Waals surface area contributed by atoms with E-state index >= 15 is 0 Å². The summed E-state index contributed by atoms with van der Waals surface area (Å²) >= 11 is 0. The third-order valence-electron chi connectivity index (χ3n) is 4.78. The summed E-state index contributed by atoms with van der Waals surface area (Å²) in [5.41, 5.74) is 0.314. The van der Waals surface area contributed by atoms with E-state index in [-0.39, 0.29) is 22.8 Å². The molecule has 2 heterocycles. The van der Waals surface area contributed by atoms with Crippen LogP contribution < -0.4 is 4.90 Å². The predicted molar refractivity (Wildman–Crippen MR) is 109 cm³/mol. The first-order valence-corrected chi connectivity index (χ1v) is 9.01. The first-order valence-electron chi connectivity index (χ1n) is 9.01. The van der Waals surface area contributed by atoms with E-state index in [4.69, 9.17) is 0 Å². The van der Waals surface area contributed by atoms with Crippen molar-refractivity contribution in [1.29, 1.82) is 0 Å². The summed E-state index contributed by atoms with van der Waals surface area (Å²) in [6, 6.07) is 17.8. The van der Waals surface area contributed by atoms with Crippen LogP contribution in [0.1, 0.15) is 17.2 Å². The van der Waals surface area contributed by atoms with Gasteiger partial charge in [0, 0.05) is 23.9 Å². The molecule has 0 aliphatic carbocycles. The number of aliphatic hydroxyl groups is 1. The summed E-state index contributed by atoms with van der Waals surface area (Å²) < 4.78 is 0. The Hall–Kier alpha value is -4.33. The van der Waals surface area contributed by atoms with E-state index in [1.54, 1.807) is 54.6 Å². The number of nitrogens with zero attached hydrogens (tertiary/aromatic N) is 3. The van der Waals surface area contributed by atoms with Gasteiger partial charge in [-0.1, -0.05) is 48.5 Å². The third kappa shape index (κ3) is 3.20. The van der Waals surface area contributed by atoms with Gasteiger partial charge in [0.25, 0.3) is 11.5 Å². The zero-order valence-electron chi connectivity index (χ0n) is 15.5. The molecule has 0 saturated carbocycles. The van der Waals surface area contributed by atoms with Crippen LogP contribution in [0.15, 0.2) is 84.6 Å². The number of anilines is 1. The molecular formula is C22H15N3O5. The number of amides is 1. The van der Waals surface area contributed by atoms with Crippen LogP contribution in [0.25, 0.3) is 5.76 Å². The summed E-state index contributed by atoms with van der Waals surface area (Å²) in [6.45, 7) is 0. The summed E-state index contributed by atoms with van der Waals surface area (Å²) in [7, 11) is 0. The Balaban J connectivity index is 1.97. The number of aromatic nitrogens is 1. The van der Waals surface area contributed by atoms with Crippen LogP contribution in [0.3, 0.4) is 0 Å². The highest BCUT2D eigenvalue weighted by atomic mass is 16.6. The molecule has 148 valence electrons. The quantitative estimate of drug-likeness (QED) is 0.235. The number of aliphatic hydroxyl groups excluding tert-OH is 1. The van der Waals surface area contributed by atoms with Gasteiger partial charge in [-0.25, -0.2) is 4.98 Å².